The first-order valence-electron chi connectivity index (χ1n) is 8.62. The van der Waals surface area contributed by atoms with E-state index in [2.05, 4.69) is 42.6 Å². The zero-order chi connectivity index (χ0) is 16.1. The second-order valence-corrected chi connectivity index (χ2v) is 6.75. The maximum Gasteiger partial charge on any atom is 0.224 e. The summed E-state index contributed by atoms with van der Waals surface area (Å²) in [6, 6.07) is 18.8. The quantitative estimate of drug-likeness (QED) is 0.816. The highest BCUT2D eigenvalue weighted by molar-refractivity contribution is 5.90. The van der Waals surface area contributed by atoms with Gasteiger partial charge in [-0.1, -0.05) is 48.0 Å². The Bertz CT molecular complexity index is 625. The lowest BCUT2D eigenvalue weighted by Gasteiger charge is -2.28. The monoisotopic (exact) mass is 307 g/mol. The number of rotatable bonds is 4. The van der Waals surface area contributed by atoms with Crippen LogP contribution in [0.5, 0.6) is 0 Å². The highest BCUT2D eigenvalue weighted by atomic mass is 16.1. The van der Waals surface area contributed by atoms with Crippen molar-refractivity contribution in [2.24, 2.45) is 5.92 Å². The number of benzene rings is 2. The standard InChI is InChI=1S/C21H25NO/c1-16-7-13-20(14-8-16)22-21(23)15-17-9-11-19(12-10-17)18-5-3-2-4-6-18/h2-8,13-14,17,19H,9-12,15H2,1H3,(H,22,23). The van der Waals surface area contributed by atoms with Crippen LogP contribution in [0.2, 0.25) is 0 Å². The predicted octanol–water partition coefficient (Wildman–Crippen LogP) is 5.30. The third-order valence-corrected chi connectivity index (χ3v) is 4.93. The molecule has 1 saturated carbocycles. The summed E-state index contributed by atoms with van der Waals surface area (Å²) in [5.74, 6) is 1.35. The van der Waals surface area contributed by atoms with E-state index in [1.165, 1.54) is 24.0 Å². The van der Waals surface area contributed by atoms with Crippen LogP contribution in [-0.2, 0) is 4.79 Å². The molecule has 2 heteroatoms. The average molecular weight is 307 g/mol. The molecule has 2 nitrogen and oxygen atoms in total. The highest BCUT2D eigenvalue weighted by Gasteiger charge is 2.23. The van der Waals surface area contributed by atoms with Crippen LogP contribution in [0.3, 0.4) is 0 Å². The summed E-state index contributed by atoms with van der Waals surface area (Å²) in [4.78, 5) is 12.2. The first-order valence-corrected chi connectivity index (χ1v) is 8.62. The van der Waals surface area contributed by atoms with E-state index < -0.39 is 0 Å². The van der Waals surface area contributed by atoms with Gasteiger partial charge in [-0.05, 0) is 62.1 Å². The summed E-state index contributed by atoms with van der Waals surface area (Å²) in [5.41, 5.74) is 3.57. The van der Waals surface area contributed by atoms with Crippen LogP contribution in [0.4, 0.5) is 5.69 Å². The van der Waals surface area contributed by atoms with Crippen molar-refractivity contribution in [1.29, 1.82) is 0 Å². The number of hydrogen-bond donors (Lipinski definition) is 1. The van der Waals surface area contributed by atoms with E-state index in [1.54, 1.807) is 0 Å². The van der Waals surface area contributed by atoms with Gasteiger partial charge in [0, 0.05) is 12.1 Å². The Balaban J connectivity index is 1.47. The molecule has 1 aliphatic carbocycles. The third-order valence-electron chi connectivity index (χ3n) is 4.93. The molecule has 2 aromatic carbocycles. The Hall–Kier alpha value is -2.09. The molecule has 1 fully saturated rings. The average Bonchev–Trinajstić information content (AvgIpc) is 2.58. The second kappa shape index (κ2) is 7.45. The number of carbonyl (C=O) groups is 1. The lowest BCUT2D eigenvalue weighted by Crippen LogP contribution is -2.20. The lowest BCUT2D eigenvalue weighted by molar-refractivity contribution is -0.117. The molecular weight excluding hydrogens is 282 g/mol. The van der Waals surface area contributed by atoms with E-state index in [9.17, 15) is 4.79 Å². The summed E-state index contributed by atoms with van der Waals surface area (Å²) >= 11 is 0. The Kier molecular flexibility index (Phi) is 5.12. The van der Waals surface area contributed by atoms with Crippen molar-refractivity contribution in [3.63, 3.8) is 0 Å². The number of anilines is 1. The number of carbonyl (C=O) groups excluding carboxylic acids is 1. The van der Waals surface area contributed by atoms with Gasteiger partial charge in [-0.2, -0.15) is 0 Å². The molecule has 120 valence electrons. The van der Waals surface area contributed by atoms with E-state index in [1.807, 2.05) is 24.3 Å². The van der Waals surface area contributed by atoms with Gasteiger partial charge in [0.15, 0.2) is 0 Å². The van der Waals surface area contributed by atoms with Gasteiger partial charge in [-0.15, -0.1) is 0 Å². The van der Waals surface area contributed by atoms with Gasteiger partial charge < -0.3 is 5.32 Å². The molecule has 0 unspecified atom stereocenters. The molecule has 2 aromatic rings. The molecule has 3 rings (SSSR count). The van der Waals surface area contributed by atoms with Gasteiger partial charge in [0.2, 0.25) is 5.91 Å². The molecule has 0 atom stereocenters. The Morgan fingerprint density at radius 2 is 1.61 bits per heavy atom. The maximum absolute atomic E-state index is 12.2. The van der Waals surface area contributed by atoms with Crippen molar-refractivity contribution in [2.45, 2.75) is 44.9 Å². The SMILES string of the molecule is Cc1ccc(NC(=O)CC2CCC(c3ccccc3)CC2)cc1. The van der Waals surface area contributed by atoms with Crippen molar-refractivity contribution in [1.82, 2.24) is 0 Å². The smallest absolute Gasteiger partial charge is 0.224 e. The summed E-state index contributed by atoms with van der Waals surface area (Å²) in [7, 11) is 0. The maximum atomic E-state index is 12.2. The molecule has 0 radical (unpaired) electrons. The zero-order valence-electron chi connectivity index (χ0n) is 13.8. The first kappa shape index (κ1) is 15.8. The van der Waals surface area contributed by atoms with E-state index in [-0.39, 0.29) is 5.91 Å². The molecular formula is C21H25NO. The zero-order valence-corrected chi connectivity index (χ0v) is 13.8. The molecule has 1 amide bonds. The molecule has 0 aliphatic heterocycles. The fourth-order valence-corrected chi connectivity index (χ4v) is 3.54. The fraction of sp³-hybridized carbons (Fsp3) is 0.381. The molecule has 0 spiro atoms. The number of hydrogen-bond acceptors (Lipinski definition) is 1. The minimum Gasteiger partial charge on any atom is -0.326 e. The largest absolute Gasteiger partial charge is 0.326 e. The van der Waals surface area contributed by atoms with Crippen molar-refractivity contribution in [3.8, 4) is 0 Å². The van der Waals surface area contributed by atoms with Crippen LogP contribution in [0.25, 0.3) is 0 Å². The molecule has 1 aliphatic rings. The summed E-state index contributed by atoms with van der Waals surface area (Å²) < 4.78 is 0. The van der Waals surface area contributed by atoms with Crippen LogP contribution in [0, 0.1) is 12.8 Å². The normalized spacial score (nSPS) is 20.9. The van der Waals surface area contributed by atoms with Crippen LogP contribution in [-0.4, -0.2) is 5.91 Å². The first-order chi connectivity index (χ1) is 11.2. The molecule has 0 bridgehead atoms. The van der Waals surface area contributed by atoms with E-state index in [4.69, 9.17) is 0 Å². The van der Waals surface area contributed by atoms with Crippen molar-refractivity contribution < 1.29 is 4.79 Å². The van der Waals surface area contributed by atoms with Gasteiger partial charge in [-0.3, -0.25) is 4.79 Å². The summed E-state index contributed by atoms with van der Waals surface area (Å²) in [5, 5.41) is 3.02. The topological polar surface area (TPSA) is 29.1 Å². The summed E-state index contributed by atoms with van der Waals surface area (Å²) in [6.45, 7) is 2.05. The highest BCUT2D eigenvalue weighted by Crippen LogP contribution is 2.37. The Labute approximate surface area is 138 Å². The van der Waals surface area contributed by atoms with Crippen molar-refractivity contribution >= 4 is 11.6 Å². The van der Waals surface area contributed by atoms with E-state index in [0.29, 0.717) is 18.3 Å². The van der Waals surface area contributed by atoms with Crippen LogP contribution in [0.1, 0.15) is 49.1 Å². The molecule has 0 heterocycles. The fourth-order valence-electron chi connectivity index (χ4n) is 3.54. The van der Waals surface area contributed by atoms with E-state index >= 15 is 0 Å². The number of nitrogens with one attached hydrogen (secondary N) is 1. The Morgan fingerprint density at radius 1 is 0.957 bits per heavy atom. The lowest BCUT2D eigenvalue weighted by atomic mass is 9.77. The molecule has 23 heavy (non-hydrogen) atoms. The van der Waals surface area contributed by atoms with Gasteiger partial charge in [0.25, 0.3) is 0 Å². The van der Waals surface area contributed by atoms with Gasteiger partial charge in [0.1, 0.15) is 0 Å². The van der Waals surface area contributed by atoms with Crippen LogP contribution >= 0.6 is 0 Å². The Morgan fingerprint density at radius 3 is 2.26 bits per heavy atom. The molecule has 1 N–H and O–H groups in total. The van der Waals surface area contributed by atoms with Gasteiger partial charge in [0.05, 0.1) is 0 Å². The summed E-state index contributed by atoms with van der Waals surface area (Å²) in [6.07, 6.45) is 5.36. The number of amides is 1. The minimum atomic E-state index is 0.150. The van der Waals surface area contributed by atoms with Crippen molar-refractivity contribution in [2.75, 3.05) is 5.32 Å². The number of aryl methyl sites for hydroxylation is 1. The molecule has 0 saturated heterocycles. The van der Waals surface area contributed by atoms with Gasteiger partial charge >= 0.3 is 0 Å². The van der Waals surface area contributed by atoms with Crippen molar-refractivity contribution in [3.05, 3.63) is 65.7 Å². The third kappa shape index (κ3) is 4.44. The van der Waals surface area contributed by atoms with Gasteiger partial charge in [-0.25, -0.2) is 0 Å². The second-order valence-electron chi connectivity index (χ2n) is 6.75. The van der Waals surface area contributed by atoms with E-state index in [0.717, 1.165) is 18.5 Å². The van der Waals surface area contributed by atoms with Crippen LogP contribution < -0.4 is 5.32 Å². The van der Waals surface area contributed by atoms with Crippen LogP contribution in [0.15, 0.2) is 54.6 Å². The minimum absolute atomic E-state index is 0.150. The predicted molar refractivity (Wildman–Crippen MR) is 95.6 cm³/mol. The molecule has 0 aromatic heterocycles.